The molecular formula is C24H34N4O5. The second-order valence-electron chi connectivity index (χ2n) is 6.89. The molecule has 9 nitrogen and oxygen atoms in total. The van der Waals surface area contributed by atoms with Crippen molar-refractivity contribution in [3.8, 4) is 0 Å². The van der Waals surface area contributed by atoms with Crippen LogP contribution in [0.5, 0.6) is 0 Å². The van der Waals surface area contributed by atoms with E-state index in [0.29, 0.717) is 32.7 Å². The van der Waals surface area contributed by atoms with Crippen LogP contribution in [-0.4, -0.2) is 63.0 Å². The fourth-order valence-corrected chi connectivity index (χ4v) is 2.56. The first-order valence-corrected chi connectivity index (χ1v) is 10.8. The summed E-state index contributed by atoms with van der Waals surface area (Å²) in [6, 6.07) is 9.46. The topological polar surface area (TPSA) is 109 Å². The fourth-order valence-electron chi connectivity index (χ4n) is 2.56. The highest BCUT2D eigenvalue weighted by molar-refractivity contribution is 5.73. The summed E-state index contributed by atoms with van der Waals surface area (Å²) in [5, 5.41) is 8.06. The minimum Gasteiger partial charge on any atom is -0.450 e. The molecule has 0 aromatic heterocycles. The second kappa shape index (κ2) is 16.9. The zero-order chi connectivity index (χ0) is 24.3. The average molecular weight is 459 g/mol. The van der Waals surface area contributed by atoms with Gasteiger partial charge < -0.3 is 30.3 Å². The summed E-state index contributed by atoms with van der Waals surface area (Å²) in [7, 11) is 1.69. The zero-order valence-electron chi connectivity index (χ0n) is 19.3. The first-order chi connectivity index (χ1) is 16.0. The molecular weight excluding hydrogens is 424 g/mol. The van der Waals surface area contributed by atoms with Crippen molar-refractivity contribution in [3.63, 3.8) is 0 Å². The minimum atomic E-state index is -0.556. The number of urea groups is 1. The monoisotopic (exact) mass is 458 g/mol. The number of hydrogen-bond acceptors (Lipinski definition) is 5. The smallest absolute Gasteiger partial charge is 0.407 e. The van der Waals surface area contributed by atoms with Gasteiger partial charge in [-0.1, -0.05) is 61.2 Å². The molecule has 0 unspecified atom stereocenters. The number of carbonyl (C=O) groups is 3. The predicted octanol–water partition coefficient (Wildman–Crippen LogP) is 3.36. The maximum absolute atomic E-state index is 12.1. The highest BCUT2D eigenvalue weighted by atomic mass is 16.6. The second-order valence-corrected chi connectivity index (χ2v) is 6.89. The Bertz CT molecular complexity index is 808. The van der Waals surface area contributed by atoms with Crippen LogP contribution in [0.2, 0.25) is 0 Å². The summed E-state index contributed by atoms with van der Waals surface area (Å²) in [5.41, 5.74) is 1.80. The van der Waals surface area contributed by atoms with Gasteiger partial charge in [0.05, 0.1) is 13.2 Å². The lowest BCUT2D eigenvalue weighted by atomic mass is 10.2. The molecule has 0 aliphatic carbocycles. The molecule has 180 valence electrons. The SMILES string of the molecule is C=C/C=C(\C=C\CNC(=O)OCC)CNC(=O)OCCCN(C)C(=O)NCc1ccccc1. The number of ether oxygens (including phenoxy) is 2. The maximum atomic E-state index is 12.1. The number of alkyl carbamates (subject to hydrolysis) is 2. The van der Waals surface area contributed by atoms with E-state index in [2.05, 4.69) is 22.5 Å². The molecule has 0 bridgehead atoms. The number of rotatable bonds is 13. The maximum Gasteiger partial charge on any atom is 0.407 e. The Hall–Kier alpha value is -3.75. The first-order valence-electron chi connectivity index (χ1n) is 10.8. The number of nitrogens with zero attached hydrogens (tertiary/aromatic N) is 1. The molecule has 0 saturated carbocycles. The van der Waals surface area contributed by atoms with Crippen LogP contribution in [0.25, 0.3) is 0 Å². The molecule has 0 saturated heterocycles. The van der Waals surface area contributed by atoms with E-state index < -0.39 is 12.2 Å². The average Bonchev–Trinajstić information content (AvgIpc) is 2.82. The van der Waals surface area contributed by atoms with Crippen LogP contribution in [0.1, 0.15) is 18.9 Å². The molecule has 0 aliphatic rings. The Morgan fingerprint density at radius 2 is 1.79 bits per heavy atom. The largest absolute Gasteiger partial charge is 0.450 e. The third-order valence-electron chi connectivity index (χ3n) is 4.24. The molecule has 33 heavy (non-hydrogen) atoms. The summed E-state index contributed by atoms with van der Waals surface area (Å²) < 4.78 is 9.92. The van der Waals surface area contributed by atoms with Crippen molar-refractivity contribution in [1.29, 1.82) is 0 Å². The van der Waals surface area contributed by atoms with Crippen LogP contribution < -0.4 is 16.0 Å². The summed E-state index contributed by atoms with van der Waals surface area (Å²) in [6.07, 6.45) is 6.30. The molecule has 0 fully saturated rings. The Labute approximate surface area is 195 Å². The standard InChI is InChI=1S/C24H34N4O5/c1-4-11-20(14-9-15-25-23(30)32-5-2)19-27-24(31)33-17-10-16-28(3)22(29)26-18-21-12-7-6-8-13-21/h4,6-9,11-14H,1,5,10,15-19H2,2-3H3,(H,25,30)(H,26,29)(H,27,31)/b14-9+,20-11+. The normalized spacial score (nSPS) is 10.9. The highest BCUT2D eigenvalue weighted by Gasteiger charge is 2.08. The Kier molecular flexibility index (Phi) is 14.0. The number of benzene rings is 1. The quantitative estimate of drug-likeness (QED) is 0.310. The number of hydrogen-bond donors (Lipinski definition) is 3. The van der Waals surface area contributed by atoms with E-state index in [1.807, 2.05) is 30.3 Å². The van der Waals surface area contributed by atoms with Crippen molar-refractivity contribution in [3.05, 3.63) is 72.4 Å². The highest BCUT2D eigenvalue weighted by Crippen LogP contribution is 1.99. The van der Waals surface area contributed by atoms with E-state index >= 15 is 0 Å². The van der Waals surface area contributed by atoms with Gasteiger partial charge in [0, 0.05) is 33.2 Å². The van der Waals surface area contributed by atoms with Crippen LogP contribution in [-0.2, 0) is 16.0 Å². The van der Waals surface area contributed by atoms with Crippen LogP contribution in [0.3, 0.4) is 0 Å². The van der Waals surface area contributed by atoms with Crippen molar-refractivity contribution in [2.24, 2.45) is 0 Å². The van der Waals surface area contributed by atoms with E-state index in [0.717, 1.165) is 11.1 Å². The Balaban J connectivity index is 2.22. The van der Waals surface area contributed by atoms with Crippen LogP contribution in [0, 0.1) is 0 Å². The van der Waals surface area contributed by atoms with Gasteiger partial charge in [-0.05, 0) is 24.5 Å². The molecule has 1 aromatic carbocycles. The predicted molar refractivity (Wildman–Crippen MR) is 128 cm³/mol. The molecule has 0 aliphatic heterocycles. The molecule has 1 aromatic rings. The van der Waals surface area contributed by atoms with Crippen molar-refractivity contribution in [2.75, 3.05) is 39.9 Å². The summed E-state index contributed by atoms with van der Waals surface area (Å²) in [4.78, 5) is 36.8. The minimum absolute atomic E-state index is 0.182. The lowest BCUT2D eigenvalue weighted by Crippen LogP contribution is -2.37. The van der Waals surface area contributed by atoms with Crippen molar-refractivity contribution >= 4 is 18.2 Å². The van der Waals surface area contributed by atoms with E-state index in [1.54, 1.807) is 43.2 Å². The molecule has 0 radical (unpaired) electrons. The van der Waals surface area contributed by atoms with Crippen molar-refractivity contribution < 1.29 is 23.9 Å². The van der Waals surface area contributed by atoms with E-state index in [9.17, 15) is 14.4 Å². The van der Waals surface area contributed by atoms with E-state index in [1.165, 1.54) is 0 Å². The van der Waals surface area contributed by atoms with Crippen molar-refractivity contribution in [2.45, 2.75) is 19.9 Å². The zero-order valence-corrected chi connectivity index (χ0v) is 19.3. The molecule has 0 atom stereocenters. The summed E-state index contributed by atoms with van der Waals surface area (Å²) >= 11 is 0. The van der Waals surface area contributed by atoms with Crippen LogP contribution in [0.4, 0.5) is 14.4 Å². The van der Waals surface area contributed by atoms with Gasteiger partial charge in [-0.2, -0.15) is 0 Å². The van der Waals surface area contributed by atoms with E-state index in [-0.39, 0.29) is 19.2 Å². The van der Waals surface area contributed by atoms with Gasteiger partial charge in [0.1, 0.15) is 0 Å². The summed E-state index contributed by atoms with van der Waals surface area (Å²) in [5.74, 6) is 0. The number of carbonyl (C=O) groups excluding carboxylic acids is 3. The van der Waals surface area contributed by atoms with Gasteiger partial charge in [0.15, 0.2) is 0 Å². The third kappa shape index (κ3) is 13.3. The molecule has 9 heteroatoms. The van der Waals surface area contributed by atoms with Crippen LogP contribution in [0.15, 0.2) is 66.8 Å². The van der Waals surface area contributed by atoms with Gasteiger partial charge >= 0.3 is 18.2 Å². The summed E-state index contributed by atoms with van der Waals surface area (Å²) in [6.45, 7) is 7.31. The molecule has 0 spiro atoms. The molecule has 3 N–H and O–H groups in total. The number of amides is 4. The first kappa shape index (κ1) is 27.3. The lowest BCUT2D eigenvalue weighted by molar-refractivity contribution is 0.141. The van der Waals surface area contributed by atoms with Crippen molar-refractivity contribution in [1.82, 2.24) is 20.9 Å². The Morgan fingerprint density at radius 3 is 2.48 bits per heavy atom. The van der Waals surface area contributed by atoms with E-state index in [4.69, 9.17) is 9.47 Å². The fraction of sp³-hybridized carbons (Fsp3) is 0.375. The van der Waals surface area contributed by atoms with Crippen LogP contribution >= 0.6 is 0 Å². The third-order valence-corrected chi connectivity index (χ3v) is 4.24. The lowest BCUT2D eigenvalue weighted by Gasteiger charge is -2.18. The number of nitrogens with one attached hydrogen (secondary N) is 3. The molecule has 0 heterocycles. The van der Waals surface area contributed by atoms with Gasteiger partial charge in [0.2, 0.25) is 0 Å². The molecule has 1 rings (SSSR count). The van der Waals surface area contributed by atoms with Gasteiger partial charge in [-0.3, -0.25) is 0 Å². The van der Waals surface area contributed by atoms with Gasteiger partial charge in [-0.25, -0.2) is 14.4 Å². The Morgan fingerprint density at radius 1 is 1.06 bits per heavy atom. The van der Waals surface area contributed by atoms with Gasteiger partial charge in [0.25, 0.3) is 0 Å². The number of allylic oxidation sites excluding steroid dienone is 2. The molecule has 4 amide bonds. The van der Waals surface area contributed by atoms with Gasteiger partial charge in [-0.15, -0.1) is 0 Å².